The first kappa shape index (κ1) is 28.1. The van der Waals surface area contributed by atoms with Gasteiger partial charge in [-0.15, -0.1) is 0 Å². The Balaban J connectivity index is 1.48. The van der Waals surface area contributed by atoms with Gasteiger partial charge in [-0.2, -0.15) is 0 Å². The SMILES string of the molecule is O=C(N[C@H](CO)Cc1ccccc1)c1ccccc1Sc1ccccc1C(=O)N[C@H](CO)Cc1ccccc1. The normalized spacial score (nSPS) is 12.4. The maximum absolute atomic E-state index is 13.2. The molecule has 0 heterocycles. The van der Waals surface area contributed by atoms with E-state index >= 15 is 0 Å². The minimum atomic E-state index is -0.434. The fourth-order valence-corrected chi connectivity index (χ4v) is 5.32. The molecule has 4 N–H and O–H groups in total. The Hall–Kier alpha value is -3.91. The Morgan fingerprint density at radius 2 is 0.923 bits per heavy atom. The highest BCUT2D eigenvalue weighted by Gasteiger charge is 2.20. The van der Waals surface area contributed by atoms with Crippen molar-refractivity contribution in [2.75, 3.05) is 13.2 Å². The lowest BCUT2D eigenvalue weighted by molar-refractivity contribution is 0.0907. The third-order valence-corrected chi connectivity index (χ3v) is 7.40. The van der Waals surface area contributed by atoms with Gasteiger partial charge in [-0.3, -0.25) is 9.59 Å². The summed E-state index contributed by atoms with van der Waals surface area (Å²) in [5, 5.41) is 25.7. The molecule has 0 aliphatic heterocycles. The number of carbonyl (C=O) groups excluding carboxylic acids is 2. The Morgan fingerprint density at radius 1 is 0.564 bits per heavy atom. The highest BCUT2D eigenvalue weighted by Crippen LogP contribution is 2.33. The average molecular weight is 541 g/mol. The van der Waals surface area contributed by atoms with Gasteiger partial charge in [0, 0.05) is 9.79 Å². The largest absolute Gasteiger partial charge is 0.394 e. The first-order chi connectivity index (χ1) is 19.1. The first-order valence-electron chi connectivity index (χ1n) is 12.8. The minimum Gasteiger partial charge on any atom is -0.394 e. The number of amides is 2. The number of carbonyl (C=O) groups is 2. The topological polar surface area (TPSA) is 98.7 Å². The molecule has 4 rings (SSSR count). The standard InChI is InChI=1S/C32H32N2O4S/c35-21-25(19-23-11-3-1-4-12-23)33-31(37)27-15-7-9-17-29(27)39-30-18-10-8-16-28(30)32(38)34-26(22-36)20-24-13-5-2-6-14-24/h1-18,25-26,35-36H,19-22H2,(H,33,37)(H,34,38)/t25-,26-/m0/s1. The van der Waals surface area contributed by atoms with Crippen LogP contribution in [-0.2, 0) is 12.8 Å². The summed E-state index contributed by atoms with van der Waals surface area (Å²) in [6, 6.07) is 32.9. The molecule has 4 aromatic rings. The van der Waals surface area contributed by atoms with E-state index in [0.29, 0.717) is 33.8 Å². The number of hydrogen-bond donors (Lipinski definition) is 4. The van der Waals surface area contributed by atoms with E-state index < -0.39 is 12.1 Å². The highest BCUT2D eigenvalue weighted by molar-refractivity contribution is 7.99. The summed E-state index contributed by atoms with van der Waals surface area (Å²) in [6.07, 6.45) is 1.02. The van der Waals surface area contributed by atoms with Crippen molar-refractivity contribution >= 4 is 23.6 Å². The zero-order chi connectivity index (χ0) is 27.5. The van der Waals surface area contributed by atoms with Crippen LogP contribution in [0.2, 0.25) is 0 Å². The van der Waals surface area contributed by atoms with E-state index in [1.54, 1.807) is 24.3 Å². The summed E-state index contributed by atoms with van der Waals surface area (Å²) < 4.78 is 0. The van der Waals surface area contributed by atoms with Crippen LogP contribution < -0.4 is 10.6 Å². The van der Waals surface area contributed by atoms with Crippen molar-refractivity contribution < 1.29 is 19.8 Å². The monoisotopic (exact) mass is 540 g/mol. The van der Waals surface area contributed by atoms with Crippen LogP contribution in [0.4, 0.5) is 0 Å². The molecule has 0 spiro atoms. The number of aliphatic hydroxyl groups is 2. The van der Waals surface area contributed by atoms with E-state index in [-0.39, 0.29) is 25.0 Å². The van der Waals surface area contributed by atoms with Gasteiger partial charge in [0.25, 0.3) is 11.8 Å². The van der Waals surface area contributed by atoms with Crippen LogP contribution in [0, 0.1) is 0 Å². The van der Waals surface area contributed by atoms with Crippen molar-refractivity contribution in [2.24, 2.45) is 0 Å². The number of benzene rings is 4. The molecule has 2 atom stereocenters. The van der Waals surface area contributed by atoms with E-state index in [2.05, 4.69) is 10.6 Å². The van der Waals surface area contributed by atoms with Crippen LogP contribution >= 0.6 is 11.8 Å². The quantitative estimate of drug-likeness (QED) is 0.212. The molecule has 0 aromatic heterocycles. The maximum atomic E-state index is 13.2. The van der Waals surface area contributed by atoms with Gasteiger partial charge in [-0.1, -0.05) is 96.7 Å². The molecule has 0 unspecified atom stereocenters. The molecular formula is C32H32N2O4S. The Bertz CT molecular complexity index is 1260. The predicted molar refractivity (Wildman–Crippen MR) is 154 cm³/mol. The summed E-state index contributed by atoms with van der Waals surface area (Å²) in [5.41, 5.74) is 2.96. The Kier molecular flexibility index (Phi) is 10.3. The van der Waals surface area contributed by atoms with Crippen LogP contribution in [0.1, 0.15) is 31.8 Å². The number of aliphatic hydroxyl groups excluding tert-OH is 2. The third-order valence-electron chi connectivity index (χ3n) is 6.24. The van der Waals surface area contributed by atoms with Gasteiger partial charge in [0.1, 0.15) is 0 Å². The van der Waals surface area contributed by atoms with Gasteiger partial charge in [0.05, 0.1) is 36.4 Å². The molecule has 7 heteroatoms. The molecule has 4 aromatic carbocycles. The summed E-state index contributed by atoms with van der Waals surface area (Å²) in [6.45, 7) is -0.373. The van der Waals surface area contributed by atoms with Crippen molar-refractivity contribution in [3.8, 4) is 0 Å². The van der Waals surface area contributed by atoms with E-state index in [1.807, 2.05) is 84.9 Å². The van der Waals surface area contributed by atoms with Crippen molar-refractivity contribution in [1.29, 1.82) is 0 Å². The molecule has 0 bridgehead atoms. The lowest BCUT2D eigenvalue weighted by Gasteiger charge is -2.19. The zero-order valence-corrected chi connectivity index (χ0v) is 22.3. The molecular weight excluding hydrogens is 508 g/mol. The summed E-state index contributed by atoms with van der Waals surface area (Å²) in [5.74, 6) is -0.587. The second-order valence-electron chi connectivity index (χ2n) is 9.18. The van der Waals surface area contributed by atoms with E-state index in [9.17, 15) is 19.8 Å². The fourth-order valence-electron chi connectivity index (χ4n) is 4.25. The summed E-state index contributed by atoms with van der Waals surface area (Å²) >= 11 is 1.33. The second-order valence-corrected chi connectivity index (χ2v) is 10.3. The van der Waals surface area contributed by atoms with Gasteiger partial charge in [0.2, 0.25) is 0 Å². The van der Waals surface area contributed by atoms with Crippen LogP contribution in [0.3, 0.4) is 0 Å². The van der Waals surface area contributed by atoms with Gasteiger partial charge < -0.3 is 20.8 Å². The van der Waals surface area contributed by atoms with Crippen LogP contribution in [-0.4, -0.2) is 47.3 Å². The van der Waals surface area contributed by atoms with Crippen molar-refractivity contribution in [3.63, 3.8) is 0 Å². The minimum absolute atomic E-state index is 0.187. The van der Waals surface area contributed by atoms with E-state index in [4.69, 9.17) is 0 Å². The van der Waals surface area contributed by atoms with Gasteiger partial charge in [-0.05, 0) is 48.2 Å². The lowest BCUT2D eigenvalue weighted by Crippen LogP contribution is -2.39. The van der Waals surface area contributed by atoms with Crippen LogP contribution in [0.15, 0.2) is 119 Å². The molecule has 0 radical (unpaired) electrons. The maximum Gasteiger partial charge on any atom is 0.252 e. The van der Waals surface area contributed by atoms with Crippen LogP contribution in [0.5, 0.6) is 0 Å². The molecule has 0 saturated carbocycles. The van der Waals surface area contributed by atoms with Gasteiger partial charge >= 0.3 is 0 Å². The predicted octanol–water partition coefficient (Wildman–Crippen LogP) is 4.50. The molecule has 0 saturated heterocycles. The van der Waals surface area contributed by atoms with Crippen LogP contribution in [0.25, 0.3) is 0 Å². The Morgan fingerprint density at radius 3 is 1.31 bits per heavy atom. The molecule has 6 nitrogen and oxygen atoms in total. The molecule has 39 heavy (non-hydrogen) atoms. The summed E-state index contributed by atoms with van der Waals surface area (Å²) in [7, 11) is 0. The second kappa shape index (κ2) is 14.3. The Labute approximate surface area is 233 Å². The van der Waals surface area contributed by atoms with E-state index in [1.165, 1.54) is 11.8 Å². The van der Waals surface area contributed by atoms with E-state index in [0.717, 1.165) is 11.1 Å². The molecule has 0 aliphatic rings. The molecule has 2 amide bonds. The summed E-state index contributed by atoms with van der Waals surface area (Å²) in [4.78, 5) is 27.9. The number of nitrogens with one attached hydrogen (secondary N) is 2. The van der Waals surface area contributed by atoms with Crippen molar-refractivity contribution in [2.45, 2.75) is 34.7 Å². The lowest BCUT2D eigenvalue weighted by atomic mass is 10.1. The molecule has 0 aliphatic carbocycles. The zero-order valence-electron chi connectivity index (χ0n) is 21.5. The molecule has 0 fully saturated rings. The van der Waals surface area contributed by atoms with Gasteiger partial charge in [0.15, 0.2) is 0 Å². The average Bonchev–Trinajstić information content (AvgIpc) is 2.98. The third kappa shape index (κ3) is 8.04. The highest BCUT2D eigenvalue weighted by atomic mass is 32.2. The molecule has 200 valence electrons. The van der Waals surface area contributed by atoms with Gasteiger partial charge in [-0.25, -0.2) is 0 Å². The number of hydrogen-bond acceptors (Lipinski definition) is 5. The van der Waals surface area contributed by atoms with Crippen molar-refractivity contribution in [1.82, 2.24) is 10.6 Å². The fraction of sp³-hybridized carbons (Fsp3) is 0.188. The smallest absolute Gasteiger partial charge is 0.252 e. The first-order valence-corrected chi connectivity index (χ1v) is 13.7. The number of rotatable bonds is 12. The van der Waals surface area contributed by atoms with Crippen molar-refractivity contribution in [3.05, 3.63) is 131 Å².